The zero-order chi connectivity index (χ0) is 13.8. The van der Waals surface area contributed by atoms with Gasteiger partial charge >= 0.3 is 0 Å². The molecule has 0 bridgehead atoms. The van der Waals surface area contributed by atoms with E-state index in [9.17, 15) is 5.11 Å². The summed E-state index contributed by atoms with van der Waals surface area (Å²) < 4.78 is 0. The molecule has 0 unspecified atom stereocenters. The van der Waals surface area contributed by atoms with Gasteiger partial charge in [-0.05, 0) is 30.7 Å². The summed E-state index contributed by atoms with van der Waals surface area (Å²) in [6.07, 6.45) is 3.54. The predicted octanol–water partition coefficient (Wildman–Crippen LogP) is 3.94. The SMILES string of the molecule is C[C@@H](NCc1cc(Cl)cc(Cl)c1O)c1cccnc1. The van der Waals surface area contributed by atoms with Crippen molar-refractivity contribution in [3.8, 4) is 5.75 Å². The van der Waals surface area contributed by atoms with Crippen molar-refractivity contribution in [3.05, 3.63) is 57.8 Å². The predicted molar refractivity (Wildman–Crippen MR) is 77.6 cm³/mol. The molecule has 5 heteroatoms. The van der Waals surface area contributed by atoms with Crippen LogP contribution in [-0.4, -0.2) is 10.1 Å². The Bertz CT molecular complexity index is 561. The van der Waals surface area contributed by atoms with Gasteiger partial charge in [-0.3, -0.25) is 4.98 Å². The van der Waals surface area contributed by atoms with E-state index in [4.69, 9.17) is 23.2 Å². The molecule has 0 saturated carbocycles. The minimum atomic E-state index is 0.0666. The smallest absolute Gasteiger partial charge is 0.138 e. The first kappa shape index (κ1) is 14.1. The number of pyridine rings is 1. The van der Waals surface area contributed by atoms with Crippen LogP contribution in [0.5, 0.6) is 5.75 Å². The van der Waals surface area contributed by atoms with Gasteiger partial charge < -0.3 is 10.4 Å². The van der Waals surface area contributed by atoms with Gasteiger partial charge in [-0.25, -0.2) is 0 Å². The molecule has 0 saturated heterocycles. The number of nitrogens with one attached hydrogen (secondary N) is 1. The number of rotatable bonds is 4. The van der Waals surface area contributed by atoms with Crippen LogP contribution in [0.2, 0.25) is 10.0 Å². The number of aromatic hydroxyl groups is 1. The molecule has 2 aromatic rings. The number of nitrogens with zero attached hydrogens (tertiary/aromatic N) is 1. The summed E-state index contributed by atoms with van der Waals surface area (Å²) in [5, 5.41) is 13.9. The molecular formula is C14H14Cl2N2O. The minimum absolute atomic E-state index is 0.0666. The zero-order valence-corrected chi connectivity index (χ0v) is 11.9. The molecule has 0 fully saturated rings. The van der Waals surface area contributed by atoms with E-state index >= 15 is 0 Å². The molecule has 0 amide bonds. The number of halogens is 2. The molecule has 0 aliphatic rings. The van der Waals surface area contributed by atoms with Gasteiger partial charge in [-0.2, -0.15) is 0 Å². The second-order valence-electron chi connectivity index (χ2n) is 4.28. The highest BCUT2D eigenvalue weighted by Crippen LogP contribution is 2.31. The molecule has 0 radical (unpaired) electrons. The summed E-state index contributed by atoms with van der Waals surface area (Å²) in [6, 6.07) is 7.22. The molecule has 0 aliphatic heterocycles. The highest BCUT2D eigenvalue weighted by Gasteiger charge is 2.10. The van der Waals surface area contributed by atoms with Crippen LogP contribution in [0.4, 0.5) is 0 Å². The summed E-state index contributed by atoms with van der Waals surface area (Å²) in [7, 11) is 0. The molecule has 19 heavy (non-hydrogen) atoms. The lowest BCUT2D eigenvalue weighted by atomic mass is 10.1. The van der Waals surface area contributed by atoms with Gasteiger partial charge in [-0.1, -0.05) is 29.3 Å². The monoisotopic (exact) mass is 296 g/mol. The molecule has 1 aromatic heterocycles. The van der Waals surface area contributed by atoms with Crippen LogP contribution in [-0.2, 0) is 6.54 Å². The lowest BCUT2D eigenvalue weighted by Gasteiger charge is -2.15. The molecule has 2 N–H and O–H groups in total. The van der Waals surface area contributed by atoms with Crippen molar-refractivity contribution in [1.29, 1.82) is 0 Å². The van der Waals surface area contributed by atoms with Crippen LogP contribution in [0.25, 0.3) is 0 Å². The third-order valence-corrected chi connectivity index (χ3v) is 3.40. The Kier molecular flexibility index (Phi) is 4.64. The van der Waals surface area contributed by atoms with Crippen LogP contribution in [0.15, 0.2) is 36.7 Å². The molecule has 0 aliphatic carbocycles. The van der Waals surface area contributed by atoms with Gasteiger partial charge in [0.15, 0.2) is 0 Å². The van der Waals surface area contributed by atoms with Crippen LogP contribution in [0.3, 0.4) is 0 Å². The number of hydrogen-bond donors (Lipinski definition) is 2. The van der Waals surface area contributed by atoms with Gasteiger partial charge in [0.1, 0.15) is 5.75 Å². The maximum absolute atomic E-state index is 9.86. The topological polar surface area (TPSA) is 45.1 Å². The molecule has 1 aromatic carbocycles. The van der Waals surface area contributed by atoms with Crippen LogP contribution in [0.1, 0.15) is 24.1 Å². The lowest BCUT2D eigenvalue weighted by molar-refractivity contribution is 0.460. The zero-order valence-electron chi connectivity index (χ0n) is 10.4. The molecule has 100 valence electrons. The number of phenolic OH excluding ortho intramolecular Hbond substituents is 1. The van der Waals surface area contributed by atoms with Crippen LogP contribution in [0, 0.1) is 0 Å². The first-order chi connectivity index (χ1) is 9.08. The molecular weight excluding hydrogens is 283 g/mol. The molecule has 1 heterocycles. The van der Waals surface area contributed by atoms with Gasteiger partial charge in [0.25, 0.3) is 0 Å². The molecule has 3 nitrogen and oxygen atoms in total. The van der Waals surface area contributed by atoms with Crippen LogP contribution < -0.4 is 5.32 Å². The van der Waals surface area contributed by atoms with E-state index in [1.54, 1.807) is 12.3 Å². The van der Waals surface area contributed by atoms with Crippen molar-refractivity contribution >= 4 is 23.2 Å². The maximum Gasteiger partial charge on any atom is 0.138 e. The first-order valence-electron chi connectivity index (χ1n) is 5.88. The Morgan fingerprint density at radius 2 is 2.16 bits per heavy atom. The maximum atomic E-state index is 9.86. The lowest BCUT2D eigenvalue weighted by Crippen LogP contribution is -2.18. The van der Waals surface area contributed by atoms with E-state index in [0.29, 0.717) is 17.1 Å². The summed E-state index contributed by atoms with van der Waals surface area (Å²) in [5.74, 6) is 0.0666. The third kappa shape index (κ3) is 3.60. The quantitative estimate of drug-likeness (QED) is 0.898. The fraction of sp³-hybridized carbons (Fsp3) is 0.214. The van der Waals surface area contributed by atoms with E-state index < -0.39 is 0 Å². The highest BCUT2D eigenvalue weighted by atomic mass is 35.5. The average Bonchev–Trinajstić information content (AvgIpc) is 2.41. The van der Waals surface area contributed by atoms with Gasteiger partial charge in [0.05, 0.1) is 5.02 Å². The minimum Gasteiger partial charge on any atom is -0.506 e. The van der Waals surface area contributed by atoms with E-state index in [1.165, 1.54) is 6.07 Å². The number of phenols is 1. The Morgan fingerprint density at radius 1 is 1.37 bits per heavy atom. The molecule has 0 spiro atoms. The van der Waals surface area contributed by atoms with E-state index in [0.717, 1.165) is 5.56 Å². The Hall–Kier alpha value is -1.29. The summed E-state index contributed by atoms with van der Waals surface area (Å²) in [5.41, 5.74) is 1.75. The summed E-state index contributed by atoms with van der Waals surface area (Å²) >= 11 is 11.8. The van der Waals surface area contributed by atoms with Crippen molar-refractivity contribution < 1.29 is 5.11 Å². The second kappa shape index (κ2) is 6.24. The fourth-order valence-electron chi connectivity index (χ4n) is 1.77. The third-order valence-electron chi connectivity index (χ3n) is 2.89. The van der Waals surface area contributed by atoms with Crippen molar-refractivity contribution in [2.24, 2.45) is 0 Å². The summed E-state index contributed by atoms with van der Waals surface area (Å²) in [4.78, 5) is 4.07. The Balaban J connectivity index is 2.07. The van der Waals surface area contributed by atoms with E-state index in [2.05, 4.69) is 10.3 Å². The largest absolute Gasteiger partial charge is 0.506 e. The second-order valence-corrected chi connectivity index (χ2v) is 5.13. The first-order valence-corrected chi connectivity index (χ1v) is 6.63. The van der Waals surface area contributed by atoms with Crippen molar-refractivity contribution in [2.75, 3.05) is 0 Å². The standard InChI is InChI=1S/C14H14Cl2N2O/c1-9(10-3-2-4-17-7-10)18-8-11-5-12(15)6-13(16)14(11)19/h2-7,9,18-19H,8H2,1H3/t9-/m1/s1. The number of hydrogen-bond acceptors (Lipinski definition) is 3. The van der Waals surface area contributed by atoms with Gasteiger partial charge in [0, 0.05) is 35.6 Å². The highest BCUT2D eigenvalue weighted by molar-refractivity contribution is 6.35. The van der Waals surface area contributed by atoms with E-state index in [-0.39, 0.29) is 16.8 Å². The van der Waals surface area contributed by atoms with Crippen LogP contribution >= 0.6 is 23.2 Å². The Morgan fingerprint density at radius 3 is 2.84 bits per heavy atom. The van der Waals surface area contributed by atoms with Gasteiger partial charge in [0.2, 0.25) is 0 Å². The fourth-order valence-corrected chi connectivity index (χ4v) is 2.30. The number of aromatic nitrogens is 1. The Labute approximate surface area is 122 Å². The average molecular weight is 297 g/mol. The van der Waals surface area contributed by atoms with Gasteiger partial charge in [-0.15, -0.1) is 0 Å². The van der Waals surface area contributed by atoms with Crippen molar-refractivity contribution in [3.63, 3.8) is 0 Å². The van der Waals surface area contributed by atoms with Crippen molar-refractivity contribution in [1.82, 2.24) is 10.3 Å². The van der Waals surface area contributed by atoms with E-state index in [1.807, 2.05) is 25.3 Å². The molecule has 1 atom stereocenters. The number of benzene rings is 1. The normalized spacial score (nSPS) is 12.4. The molecule has 2 rings (SSSR count). The summed E-state index contributed by atoms with van der Waals surface area (Å²) in [6.45, 7) is 2.50. The van der Waals surface area contributed by atoms with Crippen molar-refractivity contribution in [2.45, 2.75) is 19.5 Å².